The average Bonchev–Trinajstić information content (AvgIpc) is 2.57. The summed E-state index contributed by atoms with van der Waals surface area (Å²) in [6.45, 7) is 2.30. The molecule has 2 aromatic rings. The lowest BCUT2D eigenvalue weighted by molar-refractivity contribution is -0.112. The van der Waals surface area contributed by atoms with E-state index in [0.29, 0.717) is 23.6 Å². The second kappa shape index (κ2) is 8.18. The number of halogens is 1. The number of amides is 1. The van der Waals surface area contributed by atoms with Crippen molar-refractivity contribution >= 4 is 33.6 Å². The molecule has 6 heteroatoms. The molecule has 0 saturated carbocycles. The smallest absolute Gasteiger partial charge is 0.266 e. The maximum absolute atomic E-state index is 12.3. The summed E-state index contributed by atoms with van der Waals surface area (Å²) >= 11 is 3.29. The molecule has 0 radical (unpaired) electrons. The van der Waals surface area contributed by atoms with E-state index in [9.17, 15) is 15.2 Å². The lowest BCUT2D eigenvalue weighted by Crippen LogP contribution is -2.14. The van der Waals surface area contributed by atoms with Gasteiger partial charge in [0.05, 0.1) is 12.3 Å². The summed E-state index contributed by atoms with van der Waals surface area (Å²) in [5.41, 5.74) is 0.716. The predicted molar refractivity (Wildman–Crippen MR) is 95.6 cm³/mol. The minimum absolute atomic E-state index is 0.0199. The Kier molecular flexibility index (Phi) is 5.99. The summed E-state index contributed by atoms with van der Waals surface area (Å²) in [4.78, 5) is 12.3. The van der Waals surface area contributed by atoms with Crippen molar-refractivity contribution in [3.63, 3.8) is 0 Å². The second-order valence-electron chi connectivity index (χ2n) is 4.76. The van der Waals surface area contributed by atoms with E-state index in [2.05, 4.69) is 21.2 Å². The summed E-state index contributed by atoms with van der Waals surface area (Å²) in [5.74, 6) is -0.0755. The number of carbonyl (C=O) groups excluding carboxylic acids is 1. The van der Waals surface area contributed by atoms with Crippen LogP contribution in [0.25, 0.3) is 6.08 Å². The first kappa shape index (κ1) is 17.6. The number of para-hydroxylation sites is 2. The maximum atomic E-state index is 12.3. The molecule has 24 heavy (non-hydrogen) atoms. The van der Waals surface area contributed by atoms with Crippen LogP contribution in [0, 0.1) is 11.3 Å². The van der Waals surface area contributed by atoms with Gasteiger partial charge < -0.3 is 15.2 Å². The van der Waals surface area contributed by atoms with E-state index >= 15 is 0 Å². The van der Waals surface area contributed by atoms with Gasteiger partial charge >= 0.3 is 0 Å². The number of carbonyl (C=O) groups is 1. The van der Waals surface area contributed by atoms with Gasteiger partial charge in [-0.05, 0) is 43.3 Å². The fourth-order valence-electron chi connectivity index (χ4n) is 1.99. The van der Waals surface area contributed by atoms with Crippen LogP contribution in [0.5, 0.6) is 11.5 Å². The summed E-state index contributed by atoms with van der Waals surface area (Å²) in [5, 5.41) is 21.8. The number of nitrogens with one attached hydrogen (secondary N) is 1. The number of phenols is 1. The zero-order chi connectivity index (χ0) is 17.5. The fourth-order valence-corrected chi connectivity index (χ4v) is 2.36. The first-order valence-corrected chi connectivity index (χ1v) is 7.98. The number of hydrogen-bond acceptors (Lipinski definition) is 4. The molecule has 5 nitrogen and oxygen atoms in total. The zero-order valence-corrected chi connectivity index (χ0v) is 14.5. The van der Waals surface area contributed by atoms with Gasteiger partial charge in [0.25, 0.3) is 5.91 Å². The van der Waals surface area contributed by atoms with Crippen LogP contribution in [0.1, 0.15) is 12.5 Å². The van der Waals surface area contributed by atoms with E-state index in [1.165, 1.54) is 12.1 Å². The van der Waals surface area contributed by atoms with Gasteiger partial charge in [-0.2, -0.15) is 5.26 Å². The van der Waals surface area contributed by atoms with Crippen LogP contribution >= 0.6 is 15.9 Å². The number of anilines is 1. The second-order valence-corrected chi connectivity index (χ2v) is 5.67. The highest BCUT2D eigenvalue weighted by Gasteiger charge is 2.13. The van der Waals surface area contributed by atoms with Crippen molar-refractivity contribution in [1.29, 1.82) is 5.26 Å². The number of phenolic OH excluding ortho intramolecular Hbond substituents is 1. The number of hydrogen-bond donors (Lipinski definition) is 2. The fraction of sp³-hybridized carbons (Fsp3) is 0.111. The highest BCUT2D eigenvalue weighted by molar-refractivity contribution is 9.10. The van der Waals surface area contributed by atoms with Gasteiger partial charge in [0.15, 0.2) is 0 Å². The van der Waals surface area contributed by atoms with E-state index in [4.69, 9.17) is 4.74 Å². The molecule has 0 spiro atoms. The van der Waals surface area contributed by atoms with Crippen LogP contribution in [0.4, 0.5) is 5.69 Å². The number of nitrogens with zero attached hydrogens (tertiary/aromatic N) is 1. The third-order valence-electron chi connectivity index (χ3n) is 3.09. The van der Waals surface area contributed by atoms with E-state index in [1.807, 2.05) is 13.0 Å². The molecule has 0 unspecified atom stereocenters. The topological polar surface area (TPSA) is 82.3 Å². The largest absolute Gasteiger partial charge is 0.507 e. The maximum Gasteiger partial charge on any atom is 0.266 e. The summed E-state index contributed by atoms with van der Waals surface area (Å²) in [7, 11) is 0. The number of benzene rings is 2. The molecule has 0 aromatic heterocycles. The number of nitriles is 1. The van der Waals surface area contributed by atoms with Crippen LogP contribution in [0.3, 0.4) is 0 Å². The molecule has 0 atom stereocenters. The number of ether oxygens (including phenoxy) is 1. The lowest BCUT2D eigenvalue weighted by atomic mass is 10.1. The molecule has 0 fully saturated rings. The van der Waals surface area contributed by atoms with Crippen LogP contribution in [0.2, 0.25) is 0 Å². The van der Waals surface area contributed by atoms with E-state index < -0.39 is 5.91 Å². The van der Waals surface area contributed by atoms with Crippen molar-refractivity contribution in [2.24, 2.45) is 0 Å². The molecule has 2 N–H and O–H groups in total. The van der Waals surface area contributed by atoms with Gasteiger partial charge in [-0.1, -0.05) is 28.1 Å². The molecule has 0 aliphatic carbocycles. The van der Waals surface area contributed by atoms with Gasteiger partial charge in [-0.25, -0.2) is 0 Å². The highest BCUT2D eigenvalue weighted by Crippen LogP contribution is 2.26. The van der Waals surface area contributed by atoms with Crippen molar-refractivity contribution in [1.82, 2.24) is 0 Å². The SMILES string of the molecule is CCOc1ccccc1NC(=O)/C(C#N)=C/c1cc(Br)ccc1O. The quantitative estimate of drug-likeness (QED) is 0.598. The van der Waals surface area contributed by atoms with Crippen molar-refractivity contribution in [3.05, 3.63) is 58.1 Å². The Bertz CT molecular complexity index is 825. The third-order valence-corrected chi connectivity index (χ3v) is 3.58. The van der Waals surface area contributed by atoms with Gasteiger partial charge in [-0.15, -0.1) is 0 Å². The first-order valence-electron chi connectivity index (χ1n) is 7.18. The zero-order valence-electron chi connectivity index (χ0n) is 12.9. The number of aromatic hydroxyl groups is 1. The van der Waals surface area contributed by atoms with Gasteiger partial charge in [0.1, 0.15) is 23.1 Å². The first-order chi connectivity index (χ1) is 11.5. The molecular weight excluding hydrogens is 372 g/mol. The van der Waals surface area contributed by atoms with Crippen LogP contribution < -0.4 is 10.1 Å². The molecule has 0 bridgehead atoms. The number of rotatable bonds is 5. The Morgan fingerprint density at radius 3 is 2.83 bits per heavy atom. The molecule has 2 rings (SSSR count). The summed E-state index contributed by atoms with van der Waals surface area (Å²) in [6.07, 6.45) is 1.33. The monoisotopic (exact) mass is 386 g/mol. The molecular formula is C18H15BrN2O3. The van der Waals surface area contributed by atoms with Crippen molar-refractivity contribution in [3.8, 4) is 17.6 Å². The summed E-state index contributed by atoms with van der Waals surface area (Å²) in [6, 6.07) is 13.6. The standard InChI is InChI=1S/C18H15BrN2O3/c1-2-24-17-6-4-3-5-15(17)21-18(23)13(11-20)9-12-10-14(19)7-8-16(12)22/h3-10,22H,2H2,1H3,(H,21,23)/b13-9+. The van der Waals surface area contributed by atoms with Gasteiger partial charge in [0.2, 0.25) is 0 Å². The summed E-state index contributed by atoms with van der Waals surface area (Å²) < 4.78 is 6.17. The Balaban J connectivity index is 2.29. The minimum atomic E-state index is -0.580. The molecule has 2 aromatic carbocycles. The Morgan fingerprint density at radius 2 is 2.12 bits per heavy atom. The molecule has 0 saturated heterocycles. The van der Waals surface area contributed by atoms with Gasteiger partial charge in [0, 0.05) is 10.0 Å². The molecule has 1 amide bonds. The molecule has 0 heterocycles. The van der Waals surface area contributed by atoms with E-state index in [-0.39, 0.29) is 11.3 Å². The van der Waals surface area contributed by atoms with E-state index in [0.717, 1.165) is 4.47 Å². The normalized spacial score (nSPS) is 10.8. The van der Waals surface area contributed by atoms with E-state index in [1.54, 1.807) is 36.4 Å². The van der Waals surface area contributed by atoms with Crippen molar-refractivity contribution < 1.29 is 14.6 Å². The van der Waals surface area contributed by atoms with Gasteiger partial charge in [-0.3, -0.25) is 4.79 Å². The third kappa shape index (κ3) is 4.37. The van der Waals surface area contributed by atoms with Crippen molar-refractivity contribution in [2.45, 2.75) is 6.92 Å². The average molecular weight is 387 g/mol. The van der Waals surface area contributed by atoms with Crippen LogP contribution in [0.15, 0.2) is 52.5 Å². The molecule has 0 aliphatic heterocycles. The minimum Gasteiger partial charge on any atom is -0.507 e. The lowest BCUT2D eigenvalue weighted by Gasteiger charge is -2.10. The Labute approximate surface area is 148 Å². The Morgan fingerprint density at radius 1 is 1.38 bits per heavy atom. The molecule has 122 valence electrons. The van der Waals surface area contributed by atoms with Crippen LogP contribution in [-0.2, 0) is 4.79 Å². The van der Waals surface area contributed by atoms with Crippen molar-refractivity contribution in [2.75, 3.05) is 11.9 Å². The van der Waals surface area contributed by atoms with Crippen LogP contribution in [-0.4, -0.2) is 17.6 Å². The Hall–Kier alpha value is -2.78. The molecule has 0 aliphatic rings. The highest BCUT2D eigenvalue weighted by atomic mass is 79.9. The predicted octanol–water partition coefficient (Wildman–Crippen LogP) is 4.10.